The van der Waals surface area contributed by atoms with Crippen LogP contribution in [0.2, 0.25) is 0 Å². The number of hydrogen-bond acceptors (Lipinski definition) is 9. The van der Waals surface area contributed by atoms with Crippen LogP contribution in [0.4, 0.5) is 0 Å². The molecule has 7 aliphatic rings. The number of benzene rings is 1. The molecule has 1 aromatic rings. The van der Waals surface area contributed by atoms with E-state index < -0.39 is 57.6 Å². The summed E-state index contributed by atoms with van der Waals surface area (Å²) in [6, 6.07) is 7.78. The second kappa shape index (κ2) is 12.5. The Morgan fingerprint density at radius 1 is 1.06 bits per heavy atom. The highest BCUT2D eigenvalue weighted by Crippen LogP contribution is 2.76. The maximum atomic E-state index is 13.8. The van der Waals surface area contributed by atoms with E-state index in [9.17, 15) is 35.1 Å². The first-order chi connectivity index (χ1) is 24.4. The van der Waals surface area contributed by atoms with Gasteiger partial charge in [-0.15, -0.1) is 0 Å². The molecule has 4 bridgehead atoms. The van der Waals surface area contributed by atoms with Crippen LogP contribution in [-0.2, 0) is 20.7 Å². The highest BCUT2D eigenvalue weighted by molar-refractivity contribution is 5.86. The van der Waals surface area contributed by atoms with Crippen LogP contribution in [0.1, 0.15) is 102 Å². The lowest BCUT2D eigenvalue weighted by molar-refractivity contribution is -0.334. The predicted octanol–water partition coefficient (Wildman–Crippen LogP) is 3.57. The van der Waals surface area contributed by atoms with E-state index in [-0.39, 0.29) is 49.8 Å². The lowest BCUT2D eigenvalue weighted by Crippen LogP contribution is -2.79. The largest absolute Gasteiger partial charge is 0.454 e. The number of nitrogens with one attached hydrogen (secondary N) is 1. The molecule has 0 amide bonds. The Balaban J connectivity index is 1.30. The van der Waals surface area contributed by atoms with Crippen LogP contribution in [0.5, 0.6) is 0 Å². The van der Waals surface area contributed by atoms with E-state index >= 15 is 0 Å². The van der Waals surface area contributed by atoms with E-state index in [2.05, 4.69) is 37.1 Å². The van der Waals surface area contributed by atoms with Crippen molar-refractivity contribution in [1.29, 1.82) is 0 Å². The summed E-state index contributed by atoms with van der Waals surface area (Å²) in [6.45, 7) is 3.99. The molecule has 9 nitrogen and oxygen atoms in total. The van der Waals surface area contributed by atoms with Gasteiger partial charge in [0.1, 0.15) is 18.0 Å². The van der Waals surface area contributed by atoms with Gasteiger partial charge in [0.25, 0.3) is 0 Å². The third-order valence-electron chi connectivity index (χ3n) is 15.4. The average molecular weight is 702 g/mol. The summed E-state index contributed by atoms with van der Waals surface area (Å²) in [7, 11) is 0. The topological polar surface area (TPSA) is 157 Å². The van der Waals surface area contributed by atoms with Crippen LogP contribution in [0.3, 0.4) is 0 Å². The first-order valence-corrected chi connectivity index (χ1v) is 19.5. The minimum Gasteiger partial charge on any atom is -0.454 e. The molecule has 1 heterocycles. The number of fused-ring (bicyclic) bond motifs is 8. The minimum atomic E-state index is -1.70. The Hall–Kier alpha value is -2.58. The molecule has 1 aromatic carbocycles. The summed E-state index contributed by atoms with van der Waals surface area (Å²) >= 11 is 0. The summed E-state index contributed by atoms with van der Waals surface area (Å²) in [6.07, 6.45) is 6.82. The molecule has 6 N–H and O–H groups in total. The summed E-state index contributed by atoms with van der Waals surface area (Å²) in [4.78, 5) is 26.8. The van der Waals surface area contributed by atoms with Crippen molar-refractivity contribution in [3.63, 3.8) is 0 Å². The molecule has 5 saturated carbocycles. The molecule has 0 aromatic heterocycles. The zero-order chi connectivity index (χ0) is 36.0. The van der Waals surface area contributed by atoms with E-state index in [0.717, 1.165) is 29.4 Å². The van der Waals surface area contributed by atoms with Crippen LogP contribution in [-0.4, -0.2) is 79.6 Å². The lowest BCUT2D eigenvalue weighted by Gasteiger charge is -2.71. The van der Waals surface area contributed by atoms with Gasteiger partial charge in [0.2, 0.25) is 0 Å². The molecule has 0 saturated heterocycles. The molecule has 1 aliphatic heterocycles. The number of hydrogen-bond donors (Lipinski definition) is 6. The Bertz CT molecular complexity index is 1660. The third kappa shape index (κ3) is 4.89. The van der Waals surface area contributed by atoms with Gasteiger partial charge in [-0.25, -0.2) is 4.79 Å². The molecule has 8 rings (SSSR count). The van der Waals surface area contributed by atoms with Crippen molar-refractivity contribution in [2.75, 3.05) is 6.73 Å². The first kappa shape index (κ1) is 35.4. The zero-order valence-electron chi connectivity index (χ0n) is 30.0. The van der Waals surface area contributed by atoms with Crippen molar-refractivity contribution in [2.24, 2.45) is 46.3 Å². The van der Waals surface area contributed by atoms with Crippen LogP contribution >= 0.6 is 0 Å². The van der Waals surface area contributed by atoms with Crippen molar-refractivity contribution < 1.29 is 39.9 Å². The summed E-state index contributed by atoms with van der Waals surface area (Å²) in [5, 5.41) is 64.5. The van der Waals surface area contributed by atoms with Gasteiger partial charge in [-0.2, -0.15) is 0 Å². The predicted molar refractivity (Wildman–Crippen MR) is 188 cm³/mol. The fraction of sp³-hybridized carbons (Fsp3) is 0.714. The quantitative estimate of drug-likeness (QED) is 0.113. The van der Waals surface area contributed by atoms with Crippen LogP contribution in [0.25, 0.3) is 0 Å². The molecular formula is C42H55NO8. The second-order valence-electron chi connectivity index (χ2n) is 17.9. The van der Waals surface area contributed by atoms with E-state index in [1.165, 1.54) is 0 Å². The van der Waals surface area contributed by atoms with Gasteiger partial charge in [0, 0.05) is 47.8 Å². The molecule has 13 atom stereocenters. The fourth-order valence-corrected chi connectivity index (χ4v) is 13.4. The molecular weight excluding hydrogens is 646 g/mol. The Morgan fingerprint density at radius 2 is 1.86 bits per heavy atom. The second-order valence-corrected chi connectivity index (χ2v) is 17.9. The number of carbonyl (C=O) groups excluding carboxylic acids is 2. The third-order valence-corrected chi connectivity index (χ3v) is 15.4. The first-order valence-electron chi connectivity index (χ1n) is 19.5. The van der Waals surface area contributed by atoms with Gasteiger partial charge in [-0.05, 0) is 105 Å². The van der Waals surface area contributed by atoms with Crippen molar-refractivity contribution >= 4 is 12.3 Å². The van der Waals surface area contributed by atoms with Crippen molar-refractivity contribution in [1.82, 2.24) is 5.32 Å². The Kier molecular flexibility index (Phi) is 8.69. The standard InChI is InChI=1S/C42H55NO8/c1-25(2)10-11-29-21-41(49)34(39(23-44)15-12-30(46)22-40(29,39)48)13-16-38-14-6-5-8-26-7-3-4-9-27(26)18-33(43-24-45)31-17-28(20-42(38,41)50)36(38)32-19-35(47)51-37(31)32/h3-4,7,9,19,23,25,28-31,33-34,36-37,43,45-46,48-50H,6,10-18,20-22,24H2,1-2H3/t28-,29+,30+,31-,33-,34-,36-,37+,38-,39+,40-,41+,42-/m1/s1. The molecule has 5 fully saturated rings. The Morgan fingerprint density at radius 3 is 2.63 bits per heavy atom. The summed E-state index contributed by atoms with van der Waals surface area (Å²) < 4.78 is 6.13. The molecule has 6 aliphatic carbocycles. The van der Waals surface area contributed by atoms with Crippen LogP contribution < -0.4 is 5.32 Å². The number of aliphatic hydroxyl groups excluding tert-OH is 2. The van der Waals surface area contributed by atoms with Crippen LogP contribution in [0, 0.1) is 58.2 Å². The number of ether oxygens (including phenoxy) is 1. The Labute approximate surface area is 301 Å². The molecule has 0 radical (unpaired) electrons. The number of esters is 1. The highest BCUT2D eigenvalue weighted by Gasteiger charge is 2.81. The van der Waals surface area contributed by atoms with Gasteiger partial charge in [-0.1, -0.05) is 50.3 Å². The zero-order valence-corrected chi connectivity index (χ0v) is 30.0. The molecule has 0 unspecified atom stereocenters. The highest BCUT2D eigenvalue weighted by atomic mass is 16.5. The maximum Gasteiger partial charge on any atom is 0.331 e. The monoisotopic (exact) mass is 701 g/mol. The van der Waals surface area contributed by atoms with Gasteiger partial charge >= 0.3 is 5.97 Å². The number of carbonyl (C=O) groups is 2. The van der Waals surface area contributed by atoms with E-state index in [4.69, 9.17) is 4.74 Å². The van der Waals surface area contributed by atoms with E-state index in [0.29, 0.717) is 63.7 Å². The SMILES string of the molecule is CC(C)CC[C@H]1C[C@]2(O)[C@H](CC[C@@]34CCC#Cc5ccccc5C[C@@H](NCO)[C@H]5C[C@H](C[C@@]32O)[C@@H]4C2=CC(=O)O[C@H]25)[C@@]2(C=O)CC[C@H](O)C[C@@]12O. The fourth-order valence-electron chi connectivity index (χ4n) is 13.4. The average Bonchev–Trinajstić information content (AvgIpc) is 3.60. The van der Waals surface area contributed by atoms with Crippen molar-refractivity contribution in [2.45, 2.75) is 132 Å². The van der Waals surface area contributed by atoms with E-state index in [1.807, 2.05) is 18.2 Å². The summed E-state index contributed by atoms with van der Waals surface area (Å²) in [5.74, 6) is 5.04. The maximum absolute atomic E-state index is 13.8. The van der Waals surface area contributed by atoms with E-state index in [1.54, 1.807) is 6.08 Å². The van der Waals surface area contributed by atoms with Crippen LogP contribution in [0.15, 0.2) is 35.9 Å². The van der Waals surface area contributed by atoms with Gasteiger partial charge in [0.15, 0.2) is 0 Å². The van der Waals surface area contributed by atoms with Crippen molar-refractivity contribution in [3.8, 4) is 11.8 Å². The molecule has 51 heavy (non-hydrogen) atoms. The molecule has 9 heteroatoms. The normalized spacial score (nSPS) is 46.7. The van der Waals surface area contributed by atoms with Gasteiger partial charge < -0.3 is 35.1 Å². The lowest BCUT2D eigenvalue weighted by atomic mass is 9.37. The molecule has 276 valence electrons. The van der Waals surface area contributed by atoms with Gasteiger partial charge in [-0.3, -0.25) is 5.32 Å². The minimum absolute atomic E-state index is 0.0852. The number of rotatable bonds is 6. The van der Waals surface area contributed by atoms with Gasteiger partial charge in [0.05, 0.1) is 29.5 Å². The van der Waals surface area contributed by atoms with Crippen molar-refractivity contribution in [3.05, 3.63) is 47.0 Å². The number of aldehydes is 1. The summed E-state index contributed by atoms with van der Waals surface area (Å²) in [5.41, 5.74) is -4.17. The smallest absolute Gasteiger partial charge is 0.331 e. The number of aliphatic hydroxyl groups is 5. The molecule has 1 spiro atoms.